The molecular weight excluding hydrogens is 398 g/mol. The Morgan fingerprint density at radius 1 is 1.03 bits per heavy atom. The molecule has 0 radical (unpaired) electrons. The van der Waals surface area contributed by atoms with Crippen LogP contribution < -0.4 is 9.47 Å². The highest BCUT2D eigenvalue weighted by Crippen LogP contribution is 2.56. The maximum atomic E-state index is 10.2. The Bertz CT molecular complexity index is 948. The highest BCUT2D eigenvalue weighted by molar-refractivity contribution is 5.85. The van der Waals surface area contributed by atoms with E-state index in [-0.39, 0.29) is 12.4 Å². The van der Waals surface area contributed by atoms with E-state index in [9.17, 15) is 5.11 Å². The summed E-state index contributed by atoms with van der Waals surface area (Å²) in [5.41, 5.74) is 4.56. The Kier molecular flexibility index (Phi) is 5.11. The first-order valence-electron chi connectivity index (χ1n) is 11.2. The van der Waals surface area contributed by atoms with Gasteiger partial charge in [0, 0.05) is 18.0 Å². The standard InChI is InChI=1S/C25H29NO3.ClH/c27-19-6-5-18-14-22-20-3-1-2-9-25(20,21(18)15-19)10-12-26(22)11-8-17-4-7-23-24(13-17)29-16-28-23;/h4-7,13,15,20,22,27H,1-3,8-12,14,16H2;1H/t20-,22-,25-;/m0./s1. The number of nitrogens with zero attached hydrogens (tertiary/aromatic N) is 1. The van der Waals surface area contributed by atoms with Crippen molar-refractivity contribution in [2.45, 2.75) is 56.4 Å². The molecule has 5 heteroatoms. The van der Waals surface area contributed by atoms with E-state index in [0.29, 0.717) is 24.0 Å². The van der Waals surface area contributed by atoms with Crippen molar-refractivity contribution in [2.75, 3.05) is 19.9 Å². The minimum Gasteiger partial charge on any atom is -0.508 e. The van der Waals surface area contributed by atoms with Crippen molar-refractivity contribution in [3.05, 3.63) is 53.1 Å². The molecule has 160 valence electrons. The van der Waals surface area contributed by atoms with E-state index >= 15 is 0 Å². The van der Waals surface area contributed by atoms with Crippen LogP contribution in [0.15, 0.2) is 36.4 Å². The Labute approximate surface area is 184 Å². The topological polar surface area (TPSA) is 41.9 Å². The second-order valence-corrected chi connectivity index (χ2v) is 9.34. The Balaban J connectivity index is 0.00000193. The van der Waals surface area contributed by atoms with Crippen molar-refractivity contribution in [2.24, 2.45) is 5.92 Å². The number of ether oxygens (including phenoxy) is 2. The van der Waals surface area contributed by atoms with Crippen molar-refractivity contribution >= 4 is 12.4 Å². The fourth-order valence-electron chi connectivity index (χ4n) is 6.72. The van der Waals surface area contributed by atoms with Gasteiger partial charge in [-0.05, 0) is 85.5 Å². The van der Waals surface area contributed by atoms with Crippen molar-refractivity contribution in [1.82, 2.24) is 4.90 Å². The fraction of sp³-hybridized carbons (Fsp3) is 0.520. The molecule has 2 heterocycles. The second-order valence-electron chi connectivity index (χ2n) is 9.34. The van der Waals surface area contributed by atoms with Crippen molar-refractivity contribution in [3.63, 3.8) is 0 Å². The molecule has 2 aliphatic heterocycles. The maximum Gasteiger partial charge on any atom is 0.231 e. The van der Waals surface area contributed by atoms with Crippen LogP contribution in [0.2, 0.25) is 0 Å². The normalized spacial score (nSPS) is 28.9. The van der Waals surface area contributed by atoms with Crippen LogP contribution in [0.4, 0.5) is 0 Å². The summed E-state index contributed by atoms with van der Waals surface area (Å²) in [6, 6.07) is 13.2. The first kappa shape index (κ1) is 20.0. The zero-order chi connectivity index (χ0) is 19.4. The molecule has 1 saturated heterocycles. The average molecular weight is 428 g/mol. The highest BCUT2D eigenvalue weighted by Gasteiger charge is 2.53. The lowest BCUT2D eigenvalue weighted by Crippen LogP contribution is -2.61. The number of halogens is 1. The van der Waals surface area contributed by atoms with Crippen molar-refractivity contribution < 1.29 is 14.6 Å². The lowest BCUT2D eigenvalue weighted by atomic mass is 9.52. The van der Waals surface area contributed by atoms with Gasteiger partial charge < -0.3 is 14.6 Å². The van der Waals surface area contributed by atoms with Gasteiger partial charge in [0.05, 0.1) is 0 Å². The molecular formula is C25H30ClNO3. The van der Waals surface area contributed by atoms with E-state index in [1.54, 1.807) is 0 Å². The summed E-state index contributed by atoms with van der Waals surface area (Å²) in [4.78, 5) is 2.76. The summed E-state index contributed by atoms with van der Waals surface area (Å²) < 4.78 is 11.0. The van der Waals surface area contributed by atoms with Gasteiger partial charge in [-0.25, -0.2) is 0 Å². The molecule has 0 amide bonds. The molecule has 1 saturated carbocycles. The molecule has 1 N–H and O–H groups in total. The molecule has 4 nitrogen and oxygen atoms in total. The zero-order valence-corrected chi connectivity index (χ0v) is 18.1. The van der Waals surface area contributed by atoms with Crippen LogP contribution in [0.25, 0.3) is 0 Å². The van der Waals surface area contributed by atoms with Crippen LogP contribution in [0.3, 0.4) is 0 Å². The van der Waals surface area contributed by atoms with Crippen LogP contribution in [-0.2, 0) is 18.3 Å². The van der Waals surface area contributed by atoms with Crippen molar-refractivity contribution in [3.8, 4) is 17.2 Å². The molecule has 0 spiro atoms. The van der Waals surface area contributed by atoms with Gasteiger partial charge in [-0.2, -0.15) is 0 Å². The van der Waals surface area contributed by atoms with Crippen LogP contribution >= 0.6 is 12.4 Å². The third-order valence-electron chi connectivity index (χ3n) is 8.06. The summed E-state index contributed by atoms with van der Waals surface area (Å²) in [5, 5.41) is 10.2. The smallest absolute Gasteiger partial charge is 0.231 e. The second kappa shape index (κ2) is 7.65. The largest absolute Gasteiger partial charge is 0.508 e. The van der Waals surface area contributed by atoms with Crippen LogP contribution in [0.5, 0.6) is 17.2 Å². The highest BCUT2D eigenvalue weighted by atomic mass is 35.5. The summed E-state index contributed by atoms with van der Waals surface area (Å²) >= 11 is 0. The quantitative estimate of drug-likeness (QED) is 0.760. The van der Waals surface area contributed by atoms with E-state index in [4.69, 9.17) is 9.47 Å². The van der Waals surface area contributed by atoms with Gasteiger partial charge in [-0.3, -0.25) is 4.90 Å². The number of fused-ring (bicyclic) bond motifs is 2. The maximum absolute atomic E-state index is 10.2. The lowest BCUT2D eigenvalue weighted by molar-refractivity contribution is -0.0106. The molecule has 0 aromatic heterocycles. The van der Waals surface area contributed by atoms with E-state index in [1.165, 1.54) is 55.3 Å². The van der Waals surface area contributed by atoms with Crippen LogP contribution in [-0.4, -0.2) is 35.9 Å². The van der Waals surface area contributed by atoms with E-state index in [0.717, 1.165) is 36.8 Å². The van der Waals surface area contributed by atoms with Crippen molar-refractivity contribution in [1.29, 1.82) is 0 Å². The summed E-state index contributed by atoms with van der Waals surface area (Å²) in [7, 11) is 0. The molecule has 2 aromatic rings. The fourth-order valence-corrected chi connectivity index (χ4v) is 6.72. The minimum absolute atomic E-state index is 0. The SMILES string of the molecule is Cl.Oc1ccc2c(c1)[C@]13CCCC[C@H]1[C@H](C2)N(CCc1ccc2c(c1)OCO2)CC3. The zero-order valence-electron chi connectivity index (χ0n) is 17.3. The van der Waals surface area contributed by atoms with Crippen LogP contribution in [0, 0.1) is 5.92 Å². The van der Waals surface area contributed by atoms with E-state index in [2.05, 4.69) is 29.2 Å². The lowest BCUT2D eigenvalue weighted by Gasteiger charge is -2.59. The molecule has 2 fully saturated rings. The Morgan fingerprint density at radius 3 is 2.87 bits per heavy atom. The number of rotatable bonds is 3. The predicted molar refractivity (Wildman–Crippen MR) is 119 cm³/mol. The third-order valence-corrected chi connectivity index (χ3v) is 8.06. The number of hydrogen-bond donors (Lipinski definition) is 1. The summed E-state index contributed by atoms with van der Waals surface area (Å²) in [5.74, 6) is 2.92. The molecule has 2 aromatic carbocycles. The monoisotopic (exact) mass is 427 g/mol. The molecule has 30 heavy (non-hydrogen) atoms. The number of phenols is 1. The van der Waals surface area contributed by atoms with Gasteiger partial charge in [0.1, 0.15) is 5.75 Å². The average Bonchev–Trinajstić information content (AvgIpc) is 3.21. The number of phenolic OH excluding ortho intramolecular Hbond substituents is 1. The van der Waals surface area contributed by atoms with Gasteiger partial charge in [0.2, 0.25) is 6.79 Å². The molecule has 2 aliphatic carbocycles. The van der Waals surface area contributed by atoms with Gasteiger partial charge in [0.25, 0.3) is 0 Å². The van der Waals surface area contributed by atoms with E-state index < -0.39 is 0 Å². The molecule has 3 atom stereocenters. The number of piperidine rings is 1. The molecule has 2 bridgehead atoms. The van der Waals surface area contributed by atoms with Gasteiger partial charge in [-0.1, -0.05) is 25.0 Å². The number of hydrogen-bond acceptors (Lipinski definition) is 4. The summed E-state index contributed by atoms with van der Waals surface area (Å²) in [6.07, 6.45) is 8.72. The van der Waals surface area contributed by atoms with Gasteiger partial charge >= 0.3 is 0 Å². The van der Waals surface area contributed by atoms with Gasteiger partial charge in [-0.15, -0.1) is 12.4 Å². The Hall–Kier alpha value is -1.91. The number of likely N-dealkylation sites (tertiary alicyclic amines) is 1. The molecule has 0 unspecified atom stereocenters. The Morgan fingerprint density at radius 2 is 1.93 bits per heavy atom. The van der Waals surface area contributed by atoms with E-state index in [1.807, 2.05) is 12.1 Å². The minimum atomic E-state index is 0. The molecule has 6 rings (SSSR count). The van der Waals surface area contributed by atoms with Crippen LogP contribution in [0.1, 0.15) is 48.8 Å². The number of benzene rings is 2. The first-order chi connectivity index (χ1) is 14.2. The third kappa shape index (κ3) is 3.07. The van der Waals surface area contributed by atoms with Gasteiger partial charge in [0.15, 0.2) is 11.5 Å². The summed E-state index contributed by atoms with van der Waals surface area (Å²) in [6.45, 7) is 2.61. The number of aromatic hydroxyl groups is 1. The predicted octanol–water partition coefficient (Wildman–Crippen LogP) is 4.84. The first-order valence-corrected chi connectivity index (χ1v) is 11.2. The molecule has 4 aliphatic rings.